The fraction of sp³-hybridized carbons (Fsp3) is 0.250. The molecule has 0 spiro atoms. The summed E-state index contributed by atoms with van der Waals surface area (Å²) in [5.41, 5.74) is 3.96. The van der Waals surface area contributed by atoms with Crippen LogP contribution in [0.5, 0.6) is 5.75 Å². The first kappa shape index (κ1) is 16.8. The number of benzene rings is 2. The van der Waals surface area contributed by atoms with E-state index in [0.29, 0.717) is 6.61 Å². The van der Waals surface area contributed by atoms with Crippen LogP contribution in [0.25, 0.3) is 6.08 Å². The van der Waals surface area contributed by atoms with Crippen molar-refractivity contribution in [3.05, 3.63) is 65.2 Å². The normalized spacial score (nSPS) is 10.7. The molecule has 0 radical (unpaired) electrons. The summed E-state index contributed by atoms with van der Waals surface area (Å²) in [4.78, 5) is 12.1. The maximum Gasteiger partial charge on any atom is 0.248 e. The minimum absolute atomic E-state index is 0.131. The van der Waals surface area contributed by atoms with Crippen molar-refractivity contribution in [1.82, 2.24) is 0 Å². The van der Waals surface area contributed by atoms with E-state index in [1.807, 2.05) is 56.3 Å². The summed E-state index contributed by atoms with van der Waals surface area (Å²) < 4.78 is 5.54. The highest BCUT2D eigenvalue weighted by atomic mass is 16.5. The number of carbonyl (C=O) groups is 1. The van der Waals surface area contributed by atoms with E-state index in [1.54, 1.807) is 12.2 Å². The van der Waals surface area contributed by atoms with Crippen molar-refractivity contribution >= 4 is 17.7 Å². The first-order valence-corrected chi connectivity index (χ1v) is 7.88. The number of aryl methyl sites for hydroxylation is 2. The maximum atomic E-state index is 12.1. The molecule has 2 aromatic carbocycles. The van der Waals surface area contributed by atoms with E-state index in [2.05, 4.69) is 12.2 Å². The van der Waals surface area contributed by atoms with Crippen molar-refractivity contribution < 1.29 is 9.53 Å². The van der Waals surface area contributed by atoms with Crippen molar-refractivity contribution in [1.29, 1.82) is 0 Å². The van der Waals surface area contributed by atoms with E-state index < -0.39 is 0 Å². The first-order valence-electron chi connectivity index (χ1n) is 7.88. The first-order chi connectivity index (χ1) is 11.1. The summed E-state index contributed by atoms with van der Waals surface area (Å²) in [6.45, 7) is 6.77. The predicted molar refractivity (Wildman–Crippen MR) is 95.8 cm³/mol. The Bertz CT molecular complexity index is 667. The SMILES string of the molecule is CCCOc1ccc(/C=C/C(=O)Nc2c(C)cccc2C)cc1. The van der Waals surface area contributed by atoms with Crippen LogP contribution in [-0.4, -0.2) is 12.5 Å². The standard InChI is InChI=1S/C20H23NO2/c1-4-14-23-18-11-8-17(9-12-18)10-13-19(22)21-20-15(2)6-5-7-16(20)3/h5-13H,4,14H2,1-3H3,(H,21,22)/b13-10+. The van der Waals surface area contributed by atoms with Crippen LogP contribution in [0.3, 0.4) is 0 Å². The third-order valence-electron chi connectivity index (χ3n) is 3.51. The lowest BCUT2D eigenvalue weighted by Crippen LogP contribution is -2.10. The van der Waals surface area contributed by atoms with Gasteiger partial charge in [0.25, 0.3) is 0 Å². The van der Waals surface area contributed by atoms with Gasteiger partial charge in [0, 0.05) is 11.8 Å². The third kappa shape index (κ3) is 4.99. The average Bonchev–Trinajstić information content (AvgIpc) is 2.55. The number of hydrogen-bond donors (Lipinski definition) is 1. The van der Waals surface area contributed by atoms with Gasteiger partial charge in [0.05, 0.1) is 6.61 Å². The summed E-state index contributed by atoms with van der Waals surface area (Å²) in [5, 5.41) is 2.94. The molecule has 0 aliphatic carbocycles. The quantitative estimate of drug-likeness (QED) is 0.782. The monoisotopic (exact) mass is 309 g/mol. The van der Waals surface area contributed by atoms with Crippen molar-refractivity contribution in [3.63, 3.8) is 0 Å². The van der Waals surface area contributed by atoms with Gasteiger partial charge in [0.1, 0.15) is 5.75 Å². The molecule has 1 amide bonds. The largest absolute Gasteiger partial charge is 0.494 e. The van der Waals surface area contributed by atoms with E-state index in [9.17, 15) is 4.79 Å². The van der Waals surface area contributed by atoms with E-state index in [4.69, 9.17) is 4.74 Å². The molecular formula is C20H23NO2. The lowest BCUT2D eigenvalue weighted by atomic mass is 10.1. The Labute approximate surface area is 138 Å². The van der Waals surface area contributed by atoms with Gasteiger partial charge < -0.3 is 10.1 Å². The molecule has 0 atom stereocenters. The van der Waals surface area contributed by atoms with Crippen LogP contribution >= 0.6 is 0 Å². The van der Waals surface area contributed by atoms with E-state index in [0.717, 1.165) is 34.5 Å². The summed E-state index contributed by atoms with van der Waals surface area (Å²) >= 11 is 0. The molecule has 0 saturated carbocycles. The minimum atomic E-state index is -0.131. The van der Waals surface area contributed by atoms with Gasteiger partial charge in [-0.3, -0.25) is 4.79 Å². The smallest absolute Gasteiger partial charge is 0.248 e. The van der Waals surface area contributed by atoms with Crippen LogP contribution in [-0.2, 0) is 4.79 Å². The summed E-state index contributed by atoms with van der Waals surface area (Å²) in [5.74, 6) is 0.720. The van der Waals surface area contributed by atoms with Gasteiger partial charge in [-0.2, -0.15) is 0 Å². The van der Waals surface area contributed by atoms with Crippen LogP contribution in [0.1, 0.15) is 30.0 Å². The van der Waals surface area contributed by atoms with E-state index >= 15 is 0 Å². The molecule has 3 nitrogen and oxygen atoms in total. The van der Waals surface area contributed by atoms with E-state index in [-0.39, 0.29) is 5.91 Å². The summed E-state index contributed by atoms with van der Waals surface area (Å²) in [6, 6.07) is 13.7. The van der Waals surface area contributed by atoms with Crippen LogP contribution in [0, 0.1) is 13.8 Å². The predicted octanol–water partition coefficient (Wildman–Crippen LogP) is 4.74. The lowest BCUT2D eigenvalue weighted by molar-refractivity contribution is -0.111. The second-order valence-corrected chi connectivity index (χ2v) is 5.51. The van der Waals surface area contributed by atoms with Crippen LogP contribution < -0.4 is 10.1 Å². The number of anilines is 1. The Morgan fingerprint density at radius 1 is 1.09 bits per heavy atom. The number of hydrogen-bond acceptors (Lipinski definition) is 2. The molecule has 0 aromatic heterocycles. The zero-order valence-electron chi connectivity index (χ0n) is 13.9. The molecule has 0 unspecified atom stereocenters. The van der Waals surface area contributed by atoms with Crippen LogP contribution in [0.4, 0.5) is 5.69 Å². The third-order valence-corrected chi connectivity index (χ3v) is 3.51. The van der Waals surface area contributed by atoms with Gasteiger partial charge in [-0.1, -0.05) is 37.3 Å². The number of amides is 1. The highest BCUT2D eigenvalue weighted by molar-refractivity contribution is 6.02. The molecule has 0 bridgehead atoms. The molecule has 0 heterocycles. The van der Waals surface area contributed by atoms with Crippen LogP contribution in [0.2, 0.25) is 0 Å². The van der Waals surface area contributed by atoms with Gasteiger partial charge in [-0.05, 0) is 55.2 Å². The van der Waals surface area contributed by atoms with Gasteiger partial charge >= 0.3 is 0 Å². The lowest BCUT2D eigenvalue weighted by Gasteiger charge is -2.09. The molecule has 2 rings (SSSR count). The second-order valence-electron chi connectivity index (χ2n) is 5.51. The Kier molecular flexibility index (Phi) is 5.98. The topological polar surface area (TPSA) is 38.3 Å². The summed E-state index contributed by atoms with van der Waals surface area (Å²) in [6.07, 6.45) is 4.33. The van der Waals surface area contributed by atoms with Gasteiger partial charge in [0.15, 0.2) is 0 Å². The fourth-order valence-corrected chi connectivity index (χ4v) is 2.24. The minimum Gasteiger partial charge on any atom is -0.494 e. The van der Waals surface area contributed by atoms with Crippen molar-refractivity contribution in [3.8, 4) is 5.75 Å². The fourth-order valence-electron chi connectivity index (χ4n) is 2.24. The summed E-state index contributed by atoms with van der Waals surface area (Å²) in [7, 11) is 0. The van der Waals surface area contributed by atoms with Gasteiger partial charge in [0.2, 0.25) is 5.91 Å². The van der Waals surface area contributed by atoms with Crippen LogP contribution in [0.15, 0.2) is 48.5 Å². The van der Waals surface area contributed by atoms with Crippen molar-refractivity contribution in [2.45, 2.75) is 27.2 Å². The molecule has 120 valence electrons. The van der Waals surface area contributed by atoms with E-state index in [1.165, 1.54) is 0 Å². The zero-order chi connectivity index (χ0) is 16.7. The molecule has 0 fully saturated rings. The number of rotatable bonds is 6. The highest BCUT2D eigenvalue weighted by Gasteiger charge is 2.04. The Hall–Kier alpha value is -2.55. The molecule has 1 N–H and O–H groups in total. The molecule has 2 aromatic rings. The number of ether oxygens (including phenoxy) is 1. The molecule has 0 saturated heterocycles. The highest BCUT2D eigenvalue weighted by Crippen LogP contribution is 2.19. The maximum absolute atomic E-state index is 12.1. The molecule has 23 heavy (non-hydrogen) atoms. The average molecular weight is 309 g/mol. The molecule has 3 heteroatoms. The van der Waals surface area contributed by atoms with Crippen molar-refractivity contribution in [2.75, 3.05) is 11.9 Å². The van der Waals surface area contributed by atoms with Gasteiger partial charge in [-0.15, -0.1) is 0 Å². The molecule has 0 aliphatic rings. The Balaban J connectivity index is 1.98. The van der Waals surface area contributed by atoms with Crippen molar-refractivity contribution in [2.24, 2.45) is 0 Å². The molecule has 0 aliphatic heterocycles. The number of nitrogens with one attached hydrogen (secondary N) is 1. The second kappa shape index (κ2) is 8.18. The zero-order valence-corrected chi connectivity index (χ0v) is 13.9. The number of carbonyl (C=O) groups excluding carboxylic acids is 1. The Morgan fingerprint density at radius 3 is 2.35 bits per heavy atom. The Morgan fingerprint density at radius 2 is 1.74 bits per heavy atom. The number of para-hydroxylation sites is 1. The van der Waals surface area contributed by atoms with Gasteiger partial charge in [-0.25, -0.2) is 0 Å². The molecular weight excluding hydrogens is 286 g/mol.